The van der Waals surface area contributed by atoms with E-state index in [0.29, 0.717) is 6.54 Å². The predicted molar refractivity (Wildman–Crippen MR) is 57.8 cm³/mol. The molecule has 0 heterocycles. The van der Waals surface area contributed by atoms with Crippen molar-refractivity contribution in [3.63, 3.8) is 0 Å². The van der Waals surface area contributed by atoms with Crippen molar-refractivity contribution in [2.24, 2.45) is 10.7 Å². The van der Waals surface area contributed by atoms with Gasteiger partial charge in [0.15, 0.2) is 0 Å². The number of nitrogens with two attached hydrogens (primary N) is 1. The quantitative estimate of drug-likeness (QED) is 0.698. The van der Waals surface area contributed by atoms with Crippen LogP contribution >= 0.6 is 0 Å². The van der Waals surface area contributed by atoms with E-state index in [2.05, 4.69) is 11.6 Å². The molecule has 2 N–H and O–H groups in total. The normalized spacial score (nSPS) is 10.6. The standard InChI is InChI=1S/C11H14N2/c1-9(8-13-2)11-5-3-4-10(6-11)7-12/h3-6,8H,1,7,12H2,2H3/b13-8-. The Hall–Kier alpha value is -1.41. The Kier molecular flexibility index (Phi) is 3.41. The zero-order chi connectivity index (χ0) is 9.68. The maximum absolute atomic E-state index is 5.53. The number of rotatable bonds is 3. The van der Waals surface area contributed by atoms with E-state index in [4.69, 9.17) is 5.73 Å². The van der Waals surface area contributed by atoms with Crippen LogP contribution in [0.15, 0.2) is 35.8 Å². The van der Waals surface area contributed by atoms with E-state index >= 15 is 0 Å². The molecule has 0 aliphatic heterocycles. The van der Waals surface area contributed by atoms with Crippen molar-refractivity contribution in [3.05, 3.63) is 42.0 Å². The third kappa shape index (κ3) is 2.53. The Morgan fingerprint density at radius 1 is 1.62 bits per heavy atom. The molecule has 2 nitrogen and oxygen atoms in total. The van der Waals surface area contributed by atoms with Gasteiger partial charge >= 0.3 is 0 Å². The van der Waals surface area contributed by atoms with Gasteiger partial charge in [-0.3, -0.25) is 4.99 Å². The maximum atomic E-state index is 5.53. The van der Waals surface area contributed by atoms with Crippen molar-refractivity contribution in [2.75, 3.05) is 7.05 Å². The van der Waals surface area contributed by atoms with Crippen LogP contribution in [0, 0.1) is 0 Å². The summed E-state index contributed by atoms with van der Waals surface area (Å²) in [7, 11) is 1.73. The number of allylic oxidation sites excluding steroid dienone is 1. The molecule has 0 atom stereocenters. The SMILES string of the molecule is C=C(/C=N\C)c1cccc(CN)c1. The van der Waals surface area contributed by atoms with E-state index in [1.54, 1.807) is 13.3 Å². The van der Waals surface area contributed by atoms with Gasteiger partial charge in [0.25, 0.3) is 0 Å². The summed E-state index contributed by atoms with van der Waals surface area (Å²) in [5.41, 5.74) is 8.64. The summed E-state index contributed by atoms with van der Waals surface area (Å²) < 4.78 is 0. The molecule has 0 aromatic heterocycles. The first-order chi connectivity index (χ1) is 6.27. The highest BCUT2D eigenvalue weighted by Crippen LogP contribution is 2.12. The first kappa shape index (κ1) is 9.68. The summed E-state index contributed by atoms with van der Waals surface area (Å²) in [5, 5.41) is 0. The third-order valence-corrected chi connectivity index (χ3v) is 1.82. The van der Waals surface area contributed by atoms with Crippen LogP contribution < -0.4 is 5.73 Å². The lowest BCUT2D eigenvalue weighted by atomic mass is 10.1. The molecule has 0 unspecified atom stereocenters. The van der Waals surface area contributed by atoms with E-state index in [-0.39, 0.29) is 0 Å². The first-order valence-corrected chi connectivity index (χ1v) is 4.18. The second-order valence-corrected chi connectivity index (χ2v) is 2.82. The minimum atomic E-state index is 0.560. The summed E-state index contributed by atoms with van der Waals surface area (Å²) in [6.45, 7) is 4.46. The molecule has 0 aliphatic rings. The van der Waals surface area contributed by atoms with Crippen LogP contribution in [0.3, 0.4) is 0 Å². The van der Waals surface area contributed by atoms with Crippen molar-refractivity contribution >= 4 is 11.8 Å². The highest BCUT2D eigenvalue weighted by Gasteiger charge is 1.96. The monoisotopic (exact) mass is 174 g/mol. The van der Waals surface area contributed by atoms with Crippen LogP contribution in [0.2, 0.25) is 0 Å². The molecule has 1 aromatic carbocycles. The summed E-state index contributed by atoms with van der Waals surface area (Å²) >= 11 is 0. The fourth-order valence-electron chi connectivity index (χ4n) is 1.13. The molecule has 0 fully saturated rings. The minimum Gasteiger partial charge on any atom is -0.326 e. The molecule has 0 aliphatic carbocycles. The van der Waals surface area contributed by atoms with Crippen LogP contribution in [0.25, 0.3) is 5.57 Å². The van der Waals surface area contributed by atoms with Crippen LogP contribution in [-0.2, 0) is 6.54 Å². The number of nitrogens with zero attached hydrogens (tertiary/aromatic N) is 1. The van der Waals surface area contributed by atoms with Gasteiger partial charge in [0.2, 0.25) is 0 Å². The zero-order valence-corrected chi connectivity index (χ0v) is 7.83. The van der Waals surface area contributed by atoms with Gasteiger partial charge in [-0.15, -0.1) is 0 Å². The summed E-state index contributed by atoms with van der Waals surface area (Å²) in [6, 6.07) is 8.01. The molecule has 0 saturated heterocycles. The average Bonchev–Trinajstić information content (AvgIpc) is 2.18. The van der Waals surface area contributed by atoms with Crippen LogP contribution in [0.5, 0.6) is 0 Å². The summed E-state index contributed by atoms with van der Waals surface area (Å²) in [6.07, 6.45) is 1.75. The smallest absolute Gasteiger partial charge is 0.0281 e. The topological polar surface area (TPSA) is 38.4 Å². The number of hydrogen-bond donors (Lipinski definition) is 1. The molecule has 0 saturated carbocycles. The third-order valence-electron chi connectivity index (χ3n) is 1.82. The van der Waals surface area contributed by atoms with E-state index < -0.39 is 0 Å². The van der Waals surface area contributed by atoms with Crippen molar-refractivity contribution in [2.45, 2.75) is 6.54 Å². The second-order valence-electron chi connectivity index (χ2n) is 2.82. The van der Waals surface area contributed by atoms with Crippen LogP contribution in [-0.4, -0.2) is 13.3 Å². The lowest BCUT2D eigenvalue weighted by Gasteiger charge is -2.02. The van der Waals surface area contributed by atoms with Crippen molar-refractivity contribution in [1.29, 1.82) is 0 Å². The molecular formula is C11H14N2. The maximum Gasteiger partial charge on any atom is 0.0281 e. The lowest BCUT2D eigenvalue weighted by molar-refractivity contribution is 1.07. The van der Waals surface area contributed by atoms with Gasteiger partial charge in [0.05, 0.1) is 0 Å². The Balaban J connectivity index is 2.94. The van der Waals surface area contributed by atoms with E-state index in [0.717, 1.165) is 16.7 Å². The molecule has 2 heteroatoms. The molecule has 1 rings (SSSR count). The van der Waals surface area contributed by atoms with Gasteiger partial charge in [-0.25, -0.2) is 0 Å². The summed E-state index contributed by atoms with van der Waals surface area (Å²) in [5.74, 6) is 0. The van der Waals surface area contributed by atoms with Gasteiger partial charge in [0, 0.05) is 19.8 Å². The number of benzene rings is 1. The van der Waals surface area contributed by atoms with Gasteiger partial charge in [-0.2, -0.15) is 0 Å². The van der Waals surface area contributed by atoms with Gasteiger partial charge in [0.1, 0.15) is 0 Å². The average molecular weight is 174 g/mol. The molecule has 0 bridgehead atoms. The van der Waals surface area contributed by atoms with Gasteiger partial charge in [-0.1, -0.05) is 24.8 Å². The zero-order valence-electron chi connectivity index (χ0n) is 7.83. The number of hydrogen-bond acceptors (Lipinski definition) is 2. The lowest BCUT2D eigenvalue weighted by Crippen LogP contribution is -1.96. The highest BCUT2D eigenvalue weighted by molar-refractivity contribution is 6.08. The minimum absolute atomic E-state index is 0.560. The molecular weight excluding hydrogens is 160 g/mol. The number of aliphatic imine (C=N–C) groups is 1. The largest absolute Gasteiger partial charge is 0.326 e. The molecule has 0 spiro atoms. The predicted octanol–water partition coefficient (Wildman–Crippen LogP) is 1.86. The fourth-order valence-corrected chi connectivity index (χ4v) is 1.13. The Labute approximate surface area is 78.8 Å². The van der Waals surface area contributed by atoms with Crippen LogP contribution in [0.1, 0.15) is 11.1 Å². The molecule has 68 valence electrons. The van der Waals surface area contributed by atoms with E-state index in [1.807, 2.05) is 24.3 Å². The summed E-state index contributed by atoms with van der Waals surface area (Å²) in [4.78, 5) is 3.91. The van der Waals surface area contributed by atoms with Crippen molar-refractivity contribution in [3.8, 4) is 0 Å². The Morgan fingerprint density at radius 3 is 3.00 bits per heavy atom. The van der Waals surface area contributed by atoms with E-state index in [9.17, 15) is 0 Å². The first-order valence-electron chi connectivity index (χ1n) is 4.18. The molecule has 13 heavy (non-hydrogen) atoms. The van der Waals surface area contributed by atoms with Gasteiger partial charge < -0.3 is 5.73 Å². The second kappa shape index (κ2) is 4.58. The molecule has 1 aromatic rings. The van der Waals surface area contributed by atoms with E-state index in [1.165, 1.54) is 0 Å². The molecule has 0 radical (unpaired) electrons. The Bertz CT molecular complexity index is 327. The highest BCUT2D eigenvalue weighted by atomic mass is 14.6. The fraction of sp³-hybridized carbons (Fsp3) is 0.182. The van der Waals surface area contributed by atoms with Crippen molar-refractivity contribution in [1.82, 2.24) is 0 Å². The Morgan fingerprint density at radius 2 is 2.38 bits per heavy atom. The van der Waals surface area contributed by atoms with Crippen LogP contribution in [0.4, 0.5) is 0 Å². The van der Waals surface area contributed by atoms with Gasteiger partial charge in [-0.05, 0) is 22.8 Å². The van der Waals surface area contributed by atoms with Crippen molar-refractivity contribution < 1.29 is 0 Å². The molecule has 0 amide bonds.